The van der Waals surface area contributed by atoms with Crippen LogP contribution in [0.25, 0.3) is 0 Å². The van der Waals surface area contributed by atoms with Crippen LogP contribution in [0.1, 0.15) is 32.3 Å². The first-order chi connectivity index (χ1) is 10.3. The van der Waals surface area contributed by atoms with Crippen molar-refractivity contribution in [2.75, 3.05) is 30.2 Å². The van der Waals surface area contributed by atoms with Crippen LogP contribution in [-0.4, -0.2) is 45.1 Å². The van der Waals surface area contributed by atoms with Gasteiger partial charge < -0.3 is 4.90 Å². The molecule has 0 saturated carbocycles. The van der Waals surface area contributed by atoms with Gasteiger partial charge in [-0.2, -0.15) is 0 Å². The first-order valence-electron chi connectivity index (χ1n) is 7.62. The number of hydrogen-bond acceptors (Lipinski definition) is 3. The van der Waals surface area contributed by atoms with Crippen LogP contribution in [0.15, 0.2) is 24.3 Å². The number of benzene rings is 1. The standard InChI is InChI=1S/C16H26N2O3S/c1-5-17(6-2)16(19)12-9-13-18(22(4,20)21)15-11-8-7-10-14(15)3/h7-8,10-11H,5-6,9,12-13H2,1-4H3. The zero-order valence-corrected chi connectivity index (χ0v) is 14.7. The highest BCUT2D eigenvalue weighted by Crippen LogP contribution is 2.22. The molecule has 0 bridgehead atoms. The van der Waals surface area contributed by atoms with Crippen molar-refractivity contribution in [3.8, 4) is 0 Å². The minimum atomic E-state index is -3.36. The van der Waals surface area contributed by atoms with Crippen LogP contribution >= 0.6 is 0 Å². The summed E-state index contributed by atoms with van der Waals surface area (Å²) in [5, 5.41) is 0. The number of rotatable bonds is 8. The molecule has 0 aliphatic rings. The van der Waals surface area contributed by atoms with Crippen LogP contribution in [0.4, 0.5) is 5.69 Å². The quantitative estimate of drug-likeness (QED) is 0.737. The van der Waals surface area contributed by atoms with Crippen molar-refractivity contribution in [3.05, 3.63) is 29.8 Å². The summed E-state index contributed by atoms with van der Waals surface area (Å²) in [6.07, 6.45) is 2.07. The van der Waals surface area contributed by atoms with Crippen molar-refractivity contribution in [3.63, 3.8) is 0 Å². The molecule has 0 spiro atoms. The summed E-state index contributed by atoms with van der Waals surface area (Å²) in [5.74, 6) is 0.0724. The molecule has 1 amide bonds. The molecule has 0 saturated heterocycles. The number of sulfonamides is 1. The fourth-order valence-corrected chi connectivity index (χ4v) is 3.44. The van der Waals surface area contributed by atoms with E-state index in [0.717, 1.165) is 5.56 Å². The van der Waals surface area contributed by atoms with Gasteiger partial charge >= 0.3 is 0 Å². The van der Waals surface area contributed by atoms with Crippen molar-refractivity contribution in [1.29, 1.82) is 0 Å². The van der Waals surface area contributed by atoms with Crippen LogP contribution < -0.4 is 4.31 Å². The van der Waals surface area contributed by atoms with Crippen molar-refractivity contribution in [2.24, 2.45) is 0 Å². The van der Waals surface area contributed by atoms with Crippen LogP contribution in [0.2, 0.25) is 0 Å². The lowest BCUT2D eigenvalue weighted by molar-refractivity contribution is -0.130. The predicted molar refractivity (Wildman–Crippen MR) is 90.5 cm³/mol. The Labute approximate surface area is 134 Å². The number of aryl methyl sites for hydroxylation is 1. The summed E-state index contributed by atoms with van der Waals surface area (Å²) in [5.41, 5.74) is 1.59. The number of nitrogens with zero attached hydrogens (tertiary/aromatic N) is 2. The Kier molecular flexibility index (Phi) is 6.87. The van der Waals surface area contributed by atoms with Crippen LogP contribution in [-0.2, 0) is 14.8 Å². The Hall–Kier alpha value is -1.56. The van der Waals surface area contributed by atoms with Gasteiger partial charge in [-0.25, -0.2) is 8.42 Å². The minimum Gasteiger partial charge on any atom is -0.343 e. The normalized spacial score (nSPS) is 11.3. The zero-order valence-electron chi connectivity index (χ0n) is 13.9. The summed E-state index contributed by atoms with van der Waals surface area (Å²) < 4.78 is 25.5. The third-order valence-electron chi connectivity index (χ3n) is 3.65. The minimum absolute atomic E-state index is 0.0724. The Balaban J connectivity index is 2.78. The highest BCUT2D eigenvalue weighted by Gasteiger charge is 2.19. The second-order valence-electron chi connectivity index (χ2n) is 5.29. The Morgan fingerprint density at radius 1 is 1.14 bits per heavy atom. The number of amides is 1. The van der Waals surface area contributed by atoms with E-state index in [1.165, 1.54) is 10.6 Å². The van der Waals surface area contributed by atoms with Crippen molar-refractivity contribution in [1.82, 2.24) is 4.90 Å². The van der Waals surface area contributed by atoms with Crippen molar-refractivity contribution >= 4 is 21.6 Å². The molecule has 0 unspecified atom stereocenters. The highest BCUT2D eigenvalue weighted by atomic mass is 32.2. The molecule has 5 nitrogen and oxygen atoms in total. The molecule has 22 heavy (non-hydrogen) atoms. The lowest BCUT2D eigenvalue weighted by Crippen LogP contribution is -2.34. The summed E-state index contributed by atoms with van der Waals surface area (Å²) in [6.45, 7) is 7.45. The third kappa shape index (κ3) is 5.02. The molecule has 6 heteroatoms. The molecule has 0 radical (unpaired) electrons. The summed E-state index contributed by atoms with van der Waals surface area (Å²) in [6, 6.07) is 7.38. The Morgan fingerprint density at radius 3 is 2.23 bits per heavy atom. The van der Waals surface area contributed by atoms with Gasteiger partial charge in [-0.1, -0.05) is 18.2 Å². The van der Waals surface area contributed by atoms with E-state index in [-0.39, 0.29) is 5.91 Å². The number of anilines is 1. The summed E-state index contributed by atoms with van der Waals surface area (Å²) in [4.78, 5) is 13.8. The van der Waals surface area contributed by atoms with Crippen LogP contribution in [0, 0.1) is 6.92 Å². The second-order valence-corrected chi connectivity index (χ2v) is 7.20. The van der Waals surface area contributed by atoms with E-state index in [1.54, 1.807) is 11.0 Å². The molecule has 0 aliphatic heterocycles. The van der Waals surface area contributed by atoms with Gasteiger partial charge in [0.25, 0.3) is 0 Å². The lowest BCUT2D eigenvalue weighted by Gasteiger charge is -2.25. The molecule has 0 atom stereocenters. The summed E-state index contributed by atoms with van der Waals surface area (Å²) >= 11 is 0. The van der Waals surface area contributed by atoms with Gasteiger partial charge in [0.1, 0.15) is 0 Å². The molecule has 0 aliphatic carbocycles. The number of para-hydroxylation sites is 1. The lowest BCUT2D eigenvalue weighted by atomic mass is 10.2. The first-order valence-corrected chi connectivity index (χ1v) is 9.47. The second kappa shape index (κ2) is 8.17. The molecule has 124 valence electrons. The largest absolute Gasteiger partial charge is 0.343 e. The van der Waals surface area contributed by atoms with Crippen molar-refractivity contribution < 1.29 is 13.2 Å². The molecule has 0 fully saturated rings. The van der Waals surface area contributed by atoms with Gasteiger partial charge in [0, 0.05) is 26.1 Å². The van der Waals surface area contributed by atoms with Crippen LogP contribution in [0.3, 0.4) is 0 Å². The Morgan fingerprint density at radius 2 is 1.73 bits per heavy atom. The third-order valence-corrected chi connectivity index (χ3v) is 4.83. The molecule has 1 aromatic carbocycles. The Bertz CT molecular complexity index is 595. The van der Waals surface area contributed by atoms with Gasteiger partial charge in [-0.15, -0.1) is 0 Å². The van der Waals surface area contributed by atoms with Gasteiger partial charge in [0.2, 0.25) is 15.9 Å². The van der Waals surface area contributed by atoms with E-state index in [1.807, 2.05) is 39.0 Å². The maximum atomic E-state index is 12.0. The fraction of sp³-hybridized carbons (Fsp3) is 0.562. The van der Waals surface area contributed by atoms with Gasteiger partial charge in [0.15, 0.2) is 0 Å². The van der Waals surface area contributed by atoms with E-state index in [0.29, 0.717) is 38.2 Å². The molecule has 1 rings (SSSR count). The highest BCUT2D eigenvalue weighted by molar-refractivity contribution is 7.92. The molecule has 0 N–H and O–H groups in total. The van der Waals surface area contributed by atoms with Crippen molar-refractivity contribution in [2.45, 2.75) is 33.6 Å². The van der Waals surface area contributed by atoms with E-state index in [9.17, 15) is 13.2 Å². The van der Waals surface area contributed by atoms with E-state index >= 15 is 0 Å². The van der Waals surface area contributed by atoms with E-state index in [2.05, 4.69) is 0 Å². The predicted octanol–water partition coefficient (Wildman–Crippen LogP) is 2.41. The fourth-order valence-electron chi connectivity index (χ4n) is 2.42. The number of carbonyl (C=O) groups is 1. The van der Waals surface area contributed by atoms with Gasteiger partial charge in [0.05, 0.1) is 11.9 Å². The monoisotopic (exact) mass is 326 g/mol. The molecular formula is C16H26N2O3S. The zero-order chi connectivity index (χ0) is 16.8. The number of hydrogen-bond donors (Lipinski definition) is 0. The average Bonchev–Trinajstić information content (AvgIpc) is 2.45. The molecular weight excluding hydrogens is 300 g/mol. The smallest absolute Gasteiger partial charge is 0.232 e. The average molecular weight is 326 g/mol. The topological polar surface area (TPSA) is 57.7 Å². The maximum absolute atomic E-state index is 12.0. The van der Waals surface area contributed by atoms with Crippen LogP contribution in [0.5, 0.6) is 0 Å². The molecule has 0 aromatic heterocycles. The maximum Gasteiger partial charge on any atom is 0.232 e. The first kappa shape index (κ1) is 18.5. The van der Waals surface area contributed by atoms with Gasteiger partial charge in [-0.05, 0) is 38.8 Å². The number of carbonyl (C=O) groups excluding carboxylic acids is 1. The molecule has 0 heterocycles. The SMILES string of the molecule is CCN(CC)C(=O)CCCN(c1ccccc1C)S(C)(=O)=O. The molecule has 1 aromatic rings. The van der Waals surface area contributed by atoms with Gasteiger partial charge in [-0.3, -0.25) is 9.10 Å². The van der Waals surface area contributed by atoms with E-state index in [4.69, 9.17) is 0 Å². The summed E-state index contributed by atoms with van der Waals surface area (Å²) in [7, 11) is -3.36. The van der Waals surface area contributed by atoms with E-state index < -0.39 is 10.0 Å².